The Morgan fingerprint density at radius 3 is 2.55 bits per heavy atom. The number of nitrogens with zero attached hydrogens (tertiary/aromatic N) is 3. The van der Waals surface area contributed by atoms with Crippen molar-refractivity contribution in [2.24, 2.45) is 0 Å². The second-order valence-electron chi connectivity index (χ2n) is 10.3. The zero-order chi connectivity index (χ0) is 28.2. The van der Waals surface area contributed by atoms with Crippen molar-refractivity contribution in [2.75, 3.05) is 38.2 Å². The third-order valence-electron chi connectivity index (χ3n) is 7.65. The lowest BCUT2D eigenvalue weighted by atomic mass is 10.1. The summed E-state index contributed by atoms with van der Waals surface area (Å²) in [6, 6.07) is 21.7. The molecule has 2 heterocycles. The first-order chi connectivity index (χ1) is 19.4. The van der Waals surface area contributed by atoms with Gasteiger partial charge in [-0.05, 0) is 54.3 Å². The average molecular weight is 559 g/mol. The van der Waals surface area contributed by atoms with E-state index in [2.05, 4.69) is 16.0 Å². The highest BCUT2D eigenvalue weighted by atomic mass is 35.5. The summed E-state index contributed by atoms with van der Waals surface area (Å²) in [5, 5.41) is 1.53. The molecule has 1 aliphatic heterocycles. The molecular formula is C32H35ClN4O3. The molecule has 0 unspecified atom stereocenters. The first-order valence-electron chi connectivity index (χ1n) is 13.6. The van der Waals surface area contributed by atoms with Crippen LogP contribution in [0.2, 0.25) is 5.02 Å². The highest BCUT2D eigenvalue weighted by molar-refractivity contribution is 6.35. The minimum Gasteiger partial charge on any atom is -0.497 e. The number of para-hydroxylation sites is 2. The Morgan fingerprint density at radius 1 is 0.975 bits per heavy atom. The molecule has 1 N–H and O–H groups in total. The van der Waals surface area contributed by atoms with Crippen molar-refractivity contribution >= 4 is 40.0 Å². The van der Waals surface area contributed by atoms with E-state index in [4.69, 9.17) is 16.3 Å². The van der Waals surface area contributed by atoms with Crippen LogP contribution in [0.15, 0.2) is 66.7 Å². The molecule has 0 saturated heterocycles. The van der Waals surface area contributed by atoms with Crippen molar-refractivity contribution in [3.63, 3.8) is 0 Å². The standard InChI is InChI=1S/C32H35ClN4O3/c1-22-27-12-7-13-28(33)31(27)34-30(22)32(39)36-18-17-35(20-24-9-6-11-26(19-24)40-3)15-8-16-37(23(2)38)29-14-5-4-10-25(29)21-36/h4-7,9-14,19,34H,8,15-18,20-21H2,1-3H3. The number of carbonyl (C=O) groups is 2. The Kier molecular flexibility index (Phi) is 8.43. The Labute approximate surface area is 240 Å². The molecule has 5 rings (SSSR count). The van der Waals surface area contributed by atoms with Gasteiger partial charge in [0.1, 0.15) is 11.4 Å². The van der Waals surface area contributed by atoms with Crippen LogP contribution < -0.4 is 9.64 Å². The Bertz CT molecular complexity index is 1530. The molecular weight excluding hydrogens is 524 g/mol. The summed E-state index contributed by atoms with van der Waals surface area (Å²) in [6.07, 6.45) is 0.811. The molecule has 0 saturated carbocycles. The van der Waals surface area contributed by atoms with Gasteiger partial charge in [0.05, 0.1) is 17.6 Å². The molecule has 40 heavy (non-hydrogen) atoms. The van der Waals surface area contributed by atoms with Crippen LogP contribution in [0.4, 0.5) is 5.69 Å². The minimum absolute atomic E-state index is 0.00924. The number of aromatic amines is 1. The topological polar surface area (TPSA) is 68.9 Å². The van der Waals surface area contributed by atoms with E-state index >= 15 is 0 Å². The zero-order valence-electron chi connectivity index (χ0n) is 23.2. The van der Waals surface area contributed by atoms with Crippen LogP contribution in [-0.4, -0.2) is 59.9 Å². The molecule has 0 spiro atoms. The van der Waals surface area contributed by atoms with Gasteiger partial charge in [0.15, 0.2) is 0 Å². The maximum absolute atomic E-state index is 14.2. The van der Waals surface area contributed by atoms with Crippen LogP contribution in [0.3, 0.4) is 0 Å². The number of hydrogen-bond acceptors (Lipinski definition) is 4. The third kappa shape index (κ3) is 5.86. The summed E-state index contributed by atoms with van der Waals surface area (Å²) < 4.78 is 5.43. The van der Waals surface area contributed by atoms with Gasteiger partial charge in [-0.15, -0.1) is 0 Å². The average Bonchev–Trinajstić information content (AvgIpc) is 3.28. The normalized spacial score (nSPS) is 15.0. The number of H-pyrrole nitrogens is 1. The quantitative estimate of drug-likeness (QED) is 0.331. The maximum Gasteiger partial charge on any atom is 0.270 e. The van der Waals surface area contributed by atoms with Crippen molar-refractivity contribution in [2.45, 2.75) is 33.4 Å². The summed E-state index contributed by atoms with van der Waals surface area (Å²) in [5.74, 6) is 0.720. The van der Waals surface area contributed by atoms with Crippen molar-refractivity contribution < 1.29 is 14.3 Å². The van der Waals surface area contributed by atoms with Gasteiger partial charge in [-0.1, -0.05) is 54.1 Å². The van der Waals surface area contributed by atoms with Gasteiger partial charge in [0.2, 0.25) is 5.91 Å². The fourth-order valence-electron chi connectivity index (χ4n) is 5.52. The lowest BCUT2D eigenvalue weighted by Gasteiger charge is -2.28. The van der Waals surface area contributed by atoms with E-state index in [9.17, 15) is 9.59 Å². The number of rotatable bonds is 4. The number of amides is 2. The van der Waals surface area contributed by atoms with Gasteiger partial charge in [-0.25, -0.2) is 0 Å². The molecule has 7 nitrogen and oxygen atoms in total. The van der Waals surface area contributed by atoms with Crippen molar-refractivity contribution in [3.8, 4) is 5.75 Å². The number of fused-ring (bicyclic) bond motifs is 2. The molecule has 2 amide bonds. The molecule has 4 aromatic rings. The lowest BCUT2D eigenvalue weighted by molar-refractivity contribution is -0.116. The van der Waals surface area contributed by atoms with Crippen LogP contribution in [0.5, 0.6) is 5.75 Å². The highest BCUT2D eigenvalue weighted by Crippen LogP contribution is 2.30. The summed E-state index contributed by atoms with van der Waals surface area (Å²) in [4.78, 5) is 36.3. The summed E-state index contributed by atoms with van der Waals surface area (Å²) in [6.45, 7) is 7.26. The number of nitrogens with one attached hydrogen (secondary N) is 1. The number of aromatic nitrogens is 1. The predicted molar refractivity (Wildman–Crippen MR) is 160 cm³/mol. The SMILES string of the molecule is COc1cccc(CN2CCCN(C(C)=O)c3ccccc3CN(C(=O)c3[nH]c4c(Cl)cccc4c3C)CC2)c1. The number of methoxy groups -OCH3 is 1. The predicted octanol–water partition coefficient (Wildman–Crippen LogP) is 6.04. The molecule has 0 aliphatic carbocycles. The second kappa shape index (κ2) is 12.1. The molecule has 8 heteroatoms. The van der Waals surface area contributed by atoms with Gasteiger partial charge in [-0.2, -0.15) is 0 Å². The van der Waals surface area contributed by atoms with E-state index in [1.54, 1.807) is 14.0 Å². The Hall–Kier alpha value is -3.81. The van der Waals surface area contributed by atoms with Crippen LogP contribution in [0.1, 0.15) is 40.5 Å². The summed E-state index contributed by atoms with van der Waals surface area (Å²) in [5.41, 5.74) is 5.12. The van der Waals surface area contributed by atoms with E-state index in [-0.39, 0.29) is 11.8 Å². The number of aryl methyl sites for hydroxylation is 1. The number of ether oxygens (including phenoxy) is 1. The molecule has 0 atom stereocenters. The minimum atomic E-state index is -0.0884. The molecule has 3 aromatic carbocycles. The molecule has 0 radical (unpaired) electrons. The van der Waals surface area contributed by atoms with Gasteiger partial charge in [0.25, 0.3) is 5.91 Å². The van der Waals surface area contributed by atoms with Gasteiger partial charge in [0, 0.05) is 57.3 Å². The van der Waals surface area contributed by atoms with Crippen LogP contribution >= 0.6 is 11.6 Å². The van der Waals surface area contributed by atoms with Gasteiger partial charge in [-0.3, -0.25) is 14.5 Å². The highest BCUT2D eigenvalue weighted by Gasteiger charge is 2.26. The largest absolute Gasteiger partial charge is 0.497 e. The van der Waals surface area contributed by atoms with Crippen LogP contribution in [-0.2, 0) is 17.9 Å². The van der Waals surface area contributed by atoms with Crippen molar-refractivity contribution in [3.05, 3.63) is 94.1 Å². The number of hydrogen-bond donors (Lipinski definition) is 1. The van der Waals surface area contributed by atoms with Gasteiger partial charge < -0.3 is 19.5 Å². The summed E-state index contributed by atoms with van der Waals surface area (Å²) in [7, 11) is 1.67. The second-order valence-corrected chi connectivity index (χ2v) is 10.7. The fourth-order valence-corrected chi connectivity index (χ4v) is 5.74. The molecule has 0 fully saturated rings. The first-order valence-corrected chi connectivity index (χ1v) is 14.0. The molecule has 208 valence electrons. The Balaban J connectivity index is 1.51. The smallest absolute Gasteiger partial charge is 0.270 e. The van der Waals surface area contributed by atoms with E-state index in [1.807, 2.05) is 77.4 Å². The van der Waals surface area contributed by atoms with E-state index in [0.29, 0.717) is 43.4 Å². The number of benzene rings is 3. The number of carbonyl (C=O) groups excluding carboxylic acids is 2. The number of anilines is 1. The van der Waals surface area contributed by atoms with Crippen molar-refractivity contribution in [1.29, 1.82) is 0 Å². The van der Waals surface area contributed by atoms with E-state index < -0.39 is 0 Å². The molecule has 1 aromatic heterocycles. The Morgan fingerprint density at radius 2 is 1.77 bits per heavy atom. The van der Waals surface area contributed by atoms with E-state index in [0.717, 1.165) is 52.0 Å². The van der Waals surface area contributed by atoms with Gasteiger partial charge >= 0.3 is 0 Å². The van der Waals surface area contributed by atoms with Crippen LogP contribution in [0, 0.1) is 6.92 Å². The van der Waals surface area contributed by atoms with Crippen molar-refractivity contribution in [1.82, 2.24) is 14.8 Å². The van der Waals surface area contributed by atoms with Crippen LogP contribution in [0.25, 0.3) is 10.9 Å². The lowest BCUT2D eigenvalue weighted by Crippen LogP contribution is -2.39. The molecule has 1 aliphatic rings. The maximum atomic E-state index is 14.2. The summed E-state index contributed by atoms with van der Waals surface area (Å²) >= 11 is 6.46. The first kappa shape index (κ1) is 27.7. The van der Waals surface area contributed by atoms with E-state index in [1.165, 1.54) is 0 Å². The molecule has 0 bridgehead atoms. The zero-order valence-corrected chi connectivity index (χ0v) is 24.0. The number of halogens is 1. The third-order valence-corrected chi connectivity index (χ3v) is 7.96. The monoisotopic (exact) mass is 558 g/mol. The fraction of sp³-hybridized carbons (Fsp3) is 0.312.